The van der Waals surface area contributed by atoms with Crippen molar-refractivity contribution in [2.24, 2.45) is 0 Å². The van der Waals surface area contributed by atoms with E-state index in [1.54, 1.807) is 51.5 Å². The number of nitriles is 1. The molecule has 4 heterocycles. The molecule has 1 unspecified atom stereocenters. The molecule has 0 radical (unpaired) electrons. The summed E-state index contributed by atoms with van der Waals surface area (Å²) in [6.07, 6.45) is -7.06. The first kappa shape index (κ1) is 53.6. The molecule has 4 aromatic carbocycles. The van der Waals surface area contributed by atoms with Gasteiger partial charge in [-0.25, -0.2) is 0 Å². The summed E-state index contributed by atoms with van der Waals surface area (Å²) in [6, 6.07) is 35.3. The Morgan fingerprint density at radius 1 is 0.703 bits per heavy atom. The summed E-state index contributed by atoms with van der Waals surface area (Å²) in [4.78, 5) is 69.3. The Bertz CT molecular complexity index is 3170. The number of nitrogens with zero attached hydrogens (tertiary/aromatic N) is 3. The van der Waals surface area contributed by atoms with Gasteiger partial charge in [0.1, 0.15) is 0 Å². The molecule has 8 rings (SSSR count). The van der Waals surface area contributed by atoms with E-state index in [0.29, 0.717) is 17.2 Å². The third-order valence-electron chi connectivity index (χ3n) is 12.4. The van der Waals surface area contributed by atoms with Gasteiger partial charge >= 0.3 is 413 Å². The Morgan fingerprint density at radius 3 is 1.73 bits per heavy atom. The molecular weight excluding hydrogens is 1040 g/mol. The molecule has 2 aliphatic rings. The van der Waals surface area contributed by atoms with Crippen LogP contribution in [0.5, 0.6) is 17.2 Å². The minimum atomic E-state index is -3.72. The second-order valence-corrected chi connectivity index (χ2v) is 21.7. The van der Waals surface area contributed by atoms with E-state index in [0.717, 1.165) is 16.7 Å². The summed E-state index contributed by atoms with van der Waals surface area (Å²) in [5, 5.41) is 9.59. The van der Waals surface area contributed by atoms with Gasteiger partial charge in [-0.05, 0) is 0 Å². The molecule has 20 nitrogen and oxygen atoms in total. The van der Waals surface area contributed by atoms with Crippen molar-refractivity contribution >= 4 is 27.3 Å². The molecular formula is C52H54N5O15PSe. The number of ether oxygens (including phenoxy) is 7. The van der Waals surface area contributed by atoms with Crippen LogP contribution in [-0.4, -0.2) is 105 Å². The van der Waals surface area contributed by atoms with E-state index in [4.69, 9.17) is 46.7 Å². The van der Waals surface area contributed by atoms with Gasteiger partial charge in [0.15, 0.2) is 0 Å². The summed E-state index contributed by atoms with van der Waals surface area (Å²) in [7, 11) is 3.16. The van der Waals surface area contributed by atoms with Crippen LogP contribution < -0.4 is 36.7 Å². The van der Waals surface area contributed by atoms with E-state index in [2.05, 4.69) is 31.1 Å². The van der Waals surface area contributed by atoms with E-state index >= 15 is 0 Å². The zero-order valence-corrected chi connectivity index (χ0v) is 43.4. The second kappa shape index (κ2) is 24.1. The molecule has 0 bridgehead atoms. The van der Waals surface area contributed by atoms with Crippen molar-refractivity contribution in [2.45, 2.75) is 75.6 Å². The van der Waals surface area contributed by atoms with Crippen LogP contribution in [0.3, 0.4) is 0 Å². The van der Waals surface area contributed by atoms with Crippen LogP contribution in [0, 0.1) is 25.2 Å². The fourth-order valence-electron chi connectivity index (χ4n) is 8.65. The Labute approximate surface area is 432 Å². The Morgan fingerprint density at radius 2 is 1.20 bits per heavy atom. The number of methoxy groups -OCH3 is 2. The van der Waals surface area contributed by atoms with Crippen LogP contribution in [0.25, 0.3) is 0 Å². The molecule has 2 saturated heterocycles. The SMILES string of the molecule is COc1ccc(C(OC[C@H]2O[C@@H](n3cc(C)c(=O)[nH]c3=O)C[C@@H]2OP(=[Se])(OCCC#N)OC[C@H]2O[C@@H](n3cc(C)c(=O)[nH]c3=O)C[C@@H]2OC(=O)COc2ccccc2)(c2ccccc2)c2ccc(OC)cc2)cc1. The minimum absolute atomic E-state index is 0.00928. The molecule has 6 aromatic rings. The maximum absolute atomic E-state index is 13.4. The van der Waals surface area contributed by atoms with Gasteiger partial charge in [-0.1, -0.05) is 6.07 Å². The zero-order chi connectivity index (χ0) is 52.4. The number of H-pyrrole nitrogens is 2. The van der Waals surface area contributed by atoms with Crippen molar-refractivity contribution in [3.05, 3.63) is 191 Å². The molecule has 2 N–H and O–H groups in total. The van der Waals surface area contributed by atoms with Crippen LogP contribution in [-0.2, 0) is 42.9 Å². The quantitative estimate of drug-likeness (QED) is 0.0281. The number of para-hydroxylation sites is 1. The molecule has 74 heavy (non-hydrogen) atoms. The molecule has 2 fully saturated rings. The Balaban J connectivity index is 1.13. The number of rotatable bonds is 22. The van der Waals surface area contributed by atoms with Gasteiger partial charge in [-0.2, -0.15) is 0 Å². The molecule has 0 spiro atoms. The van der Waals surface area contributed by atoms with E-state index < -0.39 is 83.7 Å². The predicted octanol–water partition coefficient (Wildman–Crippen LogP) is 5.47. The zero-order valence-electron chi connectivity index (χ0n) is 40.8. The molecule has 2 aromatic heterocycles. The number of esters is 1. The Kier molecular flexibility index (Phi) is 17.5. The third kappa shape index (κ3) is 12.4. The van der Waals surface area contributed by atoms with Gasteiger partial charge in [0, 0.05) is 0 Å². The molecule has 0 amide bonds. The van der Waals surface area contributed by atoms with Crippen molar-refractivity contribution in [1.82, 2.24) is 19.1 Å². The van der Waals surface area contributed by atoms with Gasteiger partial charge in [0.25, 0.3) is 0 Å². The number of aryl methyl sites for hydroxylation is 2. The summed E-state index contributed by atoms with van der Waals surface area (Å²) in [6.45, 7) is 2.00. The van der Waals surface area contributed by atoms with E-state index in [-0.39, 0.29) is 50.2 Å². The van der Waals surface area contributed by atoms with Crippen molar-refractivity contribution < 1.29 is 51.5 Å². The van der Waals surface area contributed by atoms with Gasteiger partial charge in [0.05, 0.1) is 14.2 Å². The summed E-state index contributed by atoms with van der Waals surface area (Å²) in [5.41, 5.74) is -1.14. The van der Waals surface area contributed by atoms with E-state index in [1.165, 1.54) is 28.5 Å². The molecule has 22 heteroatoms. The summed E-state index contributed by atoms with van der Waals surface area (Å²) < 4.78 is 65.1. The summed E-state index contributed by atoms with van der Waals surface area (Å²) >= 11 is 2.96. The van der Waals surface area contributed by atoms with Crippen molar-refractivity contribution in [3.8, 4) is 23.3 Å². The van der Waals surface area contributed by atoms with Crippen molar-refractivity contribution in [1.29, 1.82) is 5.26 Å². The van der Waals surface area contributed by atoms with Gasteiger partial charge < -0.3 is 0 Å². The van der Waals surface area contributed by atoms with Gasteiger partial charge in [-0.3, -0.25) is 0 Å². The first-order valence-electron chi connectivity index (χ1n) is 23.5. The monoisotopic (exact) mass is 1100 g/mol. The second-order valence-electron chi connectivity index (χ2n) is 17.3. The molecule has 0 aliphatic carbocycles. The average molecular weight is 1100 g/mol. The van der Waals surface area contributed by atoms with Crippen molar-refractivity contribution in [2.75, 3.05) is 40.6 Å². The third-order valence-corrected chi connectivity index (χ3v) is 15.8. The van der Waals surface area contributed by atoms with E-state index in [1.807, 2.05) is 78.9 Å². The summed E-state index contributed by atoms with van der Waals surface area (Å²) in [5.74, 6) is 0.958. The number of hydrogen-bond donors (Lipinski definition) is 2. The van der Waals surface area contributed by atoms with Crippen LogP contribution in [0.4, 0.5) is 0 Å². The van der Waals surface area contributed by atoms with Gasteiger partial charge in [-0.15, -0.1) is 0 Å². The molecule has 7 atom stereocenters. The number of carbonyl (C=O) groups is 1. The fourth-order valence-corrected chi connectivity index (χ4v) is 11.6. The number of aromatic amines is 2. The van der Waals surface area contributed by atoms with Crippen molar-refractivity contribution in [3.63, 3.8) is 0 Å². The molecule has 388 valence electrons. The van der Waals surface area contributed by atoms with Crippen LogP contribution in [0.2, 0.25) is 0 Å². The number of hydrogen-bond acceptors (Lipinski definition) is 16. The van der Waals surface area contributed by atoms with Crippen LogP contribution in [0.15, 0.2) is 141 Å². The fraction of sp³-hybridized carbons (Fsp3) is 0.346. The Hall–Kier alpha value is -6.69. The number of carbonyl (C=O) groups excluding carboxylic acids is 1. The normalized spacial score (nSPS) is 20.3. The first-order chi connectivity index (χ1) is 35.7. The number of aromatic nitrogens is 4. The number of nitrogens with one attached hydrogen (secondary N) is 2. The average Bonchev–Trinajstić information content (AvgIpc) is 4.01. The van der Waals surface area contributed by atoms with E-state index in [9.17, 15) is 29.2 Å². The maximum atomic E-state index is 13.4. The molecule has 0 saturated carbocycles. The van der Waals surface area contributed by atoms with Crippen LogP contribution in [0.1, 0.15) is 59.5 Å². The number of benzene rings is 4. The first-order valence-corrected chi connectivity index (χ1v) is 27.2. The van der Waals surface area contributed by atoms with Crippen LogP contribution >= 0.6 is 6.19 Å². The van der Waals surface area contributed by atoms with Gasteiger partial charge in [0.2, 0.25) is 0 Å². The topological polar surface area (TPSA) is 243 Å². The predicted molar refractivity (Wildman–Crippen MR) is 269 cm³/mol. The molecule has 2 aliphatic heterocycles. The standard InChI is InChI=1S/C52H54N5O15PSe/c1-33-28-56(50(61)54-48(33)59)45-26-41(71-47(58)32-65-40-14-9-6-10-15-40)44(70-45)31-68-73(74,67-25-11-24-53)72-42-27-46(57-29-34(2)49(60)55-51(57)62)69-43(42)30-66-52(35-12-7-5-8-13-35,36-16-20-38(63-3)21-17-36)37-18-22-39(64-4)23-19-37/h5-10,12-23,28-29,41-46H,11,25-27,30-32H2,1-4H3,(H,54,59,61)(H,55,60,62)/t41-,42-,43+,44+,45+,46+,73?/m0/s1.